The molecule has 0 spiro atoms. The molecule has 6 heteroatoms. The number of ether oxygens (including phenoxy) is 1. The Balaban J connectivity index is 1.54. The average molecular weight is 524 g/mol. The first-order valence-corrected chi connectivity index (χ1v) is 13.3. The summed E-state index contributed by atoms with van der Waals surface area (Å²) in [5.41, 5.74) is 4.52. The van der Waals surface area contributed by atoms with Gasteiger partial charge in [-0.2, -0.15) is 0 Å². The van der Waals surface area contributed by atoms with Gasteiger partial charge in [0.1, 0.15) is 5.70 Å². The summed E-state index contributed by atoms with van der Waals surface area (Å²) in [4.78, 5) is 19.3. The van der Waals surface area contributed by atoms with Gasteiger partial charge in [0.05, 0.1) is 5.69 Å². The van der Waals surface area contributed by atoms with Crippen LogP contribution in [-0.4, -0.2) is 29.9 Å². The molecule has 0 aromatic heterocycles. The number of nitrogens with zero attached hydrogens (tertiary/aromatic N) is 2. The van der Waals surface area contributed by atoms with Crippen molar-refractivity contribution in [2.45, 2.75) is 6.92 Å². The molecule has 1 aliphatic rings. The van der Waals surface area contributed by atoms with E-state index in [9.17, 15) is 9.90 Å². The number of fused-ring (bicyclic) bond motifs is 1. The zero-order valence-electron chi connectivity index (χ0n) is 22.2. The van der Waals surface area contributed by atoms with Gasteiger partial charge in [0.15, 0.2) is 5.75 Å². The molecule has 1 aliphatic heterocycles. The first kappa shape index (κ1) is 26.5. The number of para-hydroxylation sites is 2. The van der Waals surface area contributed by atoms with Crippen LogP contribution >= 0.6 is 0 Å². The summed E-state index contributed by atoms with van der Waals surface area (Å²) < 4.78 is 5.99. The van der Waals surface area contributed by atoms with Gasteiger partial charge in [-0.05, 0) is 36.8 Å². The van der Waals surface area contributed by atoms with Crippen LogP contribution < -0.4 is 20.6 Å². The van der Waals surface area contributed by atoms with Crippen molar-refractivity contribution in [2.75, 3.05) is 11.4 Å². The van der Waals surface area contributed by atoms with Crippen molar-refractivity contribution in [2.24, 2.45) is 4.99 Å². The topological polar surface area (TPSA) is 62.1 Å². The Bertz CT molecular complexity index is 1540. The Morgan fingerprint density at radius 2 is 1.40 bits per heavy atom. The van der Waals surface area contributed by atoms with Crippen LogP contribution in [0.1, 0.15) is 12.5 Å². The number of allylic oxidation sites excluding steroid dienone is 4. The Kier molecular flexibility index (Phi) is 8.37. The summed E-state index contributed by atoms with van der Waals surface area (Å²) in [6.07, 6.45) is 6.81. The normalized spacial score (nSPS) is 14.3. The fourth-order valence-electron chi connectivity index (χ4n) is 4.78. The summed E-state index contributed by atoms with van der Waals surface area (Å²) >= 11 is 0. The molecule has 4 aromatic carbocycles. The van der Waals surface area contributed by atoms with E-state index in [-0.39, 0.29) is 12.4 Å². The van der Waals surface area contributed by atoms with E-state index in [4.69, 9.17) is 9.73 Å². The van der Waals surface area contributed by atoms with Crippen molar-refractivity contribution in [3.8, 4) is 5.75 Å². The van der Waals surface area contributed by atoms with Gasteiger partial charge in [-0.15, -0.1) is 0 Å². The SMILES string of the molecule is CCN1C(=CC=CC=C(N=C(B(c2ccccc2)c2ccccc2)c2ccccc2)C(=O)O)Oc2ccccc21. The summed E-state index contributed by atoms with van der Waals surface area (Å²) in [7, 11) is 0. The summed E-state index contributed by atoms with van der Waals surface area (Å²) in [6.45, 7) is 2.54. The highest BCUT2D eigenvalue weighted by Gasteiger charge is 2.28. The van der Waals surface area contributed by atoms with Crippen LogP contribution in [0.5, 0.6) is 5.75 Å². The van der Waals surface area contributed by atoms with Crippen LogP contribution in [0.15, 0.2) is 156 Å². The van der Waals surface area contributed by atoms with E-state index in [0.29, 0.717) is 11.5 Å². The lowest BCUT2D eigenvalue weighted by Gasteiger charge is -2.18. The van der Waals surface area contributed by atoms with Crippen molar-refractivity contribution in [3.05, 3.63) is 157 Å². The Labute approximate surface area is 235 Å². The van der Waals surface area contributed by atoms with E-state index in [0.717, 1.165) is 34.5 Å². The smallest absolute Gasteiger partial charge is 0.354 e. The van der Waals surface area contributed by atoms with Crippen LogP contribution in [0.25, 0.3) is 0 Å². The predicted octanol–water partition coefficient (Wildman–Crippen LogP) is 5.61. The lowest BCUT2D eigenvalue weighted by Crippen LogP contribution is -2.49. The number of carboxylic acids is 1. The van der Waals surface area contributed by atoms with Gasteiger partial charge in [-0.25, -0.2) is 4.79 Å². The highest BCUT2D eigenvalue weighted by Crippen LogP contribution is 2.38. The molecular formula is C34H29BN2O3. The van der Waals surface area contributed by atoms with Crippen LogP contribution in [0.4, 0.5) is 5.69 Å². The van der Waals surface area contributed by atoms with Crippen molar-refractivity contribution in [1.29, 1.82) is 0 Å². The van der Waals surface area contributed by atoms with E-state index in [1.165, 1.54) is 6.08 Å². The first-order valence-electron chi connectivity index (χ1n) is 13.3. The van der Waals surface area contributed by atoms with Gasteiger partial charge in [0.25, 0.3) is 6.71 Å². The number of carboxylic acid groups (broad SMARTS) is 1. The number of aliphatic imine (C=N–C) groups is 1. The van der Waals surface area contributed by atoms with Gasteiger partial charge in [0.2, 0.25) is 5.88 Å². The zero-order chi connectivity index (χ0) is 27.7. The summed E-state index contributed by atoms with van der Waals surface area (Å²) in [5.74, 6) is 0.382. The number of hydrogen-bond donors (Lipinski definition) is 1. The molecule has 0 atom stereocenters. The molecule has 0 saturated carbocycles. The van der Waals surface area contributed by atoms with Gasteiger partial charge in [0, 0.05) is 12.2 Å². The average Bonchev–Trinajstić information content (AvgIpc) is 3.36. The predicted molar refractivity (Wildman–Crippen MR) is 164 cm³/mol. The molecule has 0 bridgehead atoms. The number of aliphatic carboxylic acids is 1. The maximum atomic E-state index is 12.4. The van der Waals surface area contributed by atoms with E-state index in [1.807, 2.05) is 121 Å². The minimum Gasteiger partial charge on any atom is -0.477 e. The van der Waals surface area contributed by atoms with Gasteiger partial charge < -0.3 is 14.7 Å². The van der Waals surface area contributed by atoms with Gasteiger partial charge >= 0.3 is 5.97 Å². The maximum absolute atomic E-state index is 12.4. The lowest BCUT2D eigenvalue weighted by molar-refractivity contribution is -0.132. The van der Waals surface area contributed by atoms with Crippen molar-refractivity contribution in [3.63, 3.8) is 0 Å². The third-order valence-corrected chi connectivity index (χ3v) is 6.63. The molecule has 5 rings (SSSR count). The Morgan fingerprint density at radius 1 is 0.825 bits per heavy atom. The third-order valence-electron chi connectivity index (χ3n) is 6.63. The molecule has 5 nitrogen and oxygen atoms in total. The minimum atomic E-state index is -1.11. The van der Waals surface area contributed by atoms with E-state index in [1.54, 1.807) is 12.2 Å². The summed E-state index contributed by atoms with van der Waals surface area (Å²) in [5, 5.41) is 10.1. The molecule has 0 radical (unpaired) electrons. The molecule has 196 valence electrons. The Hall–Kier alpha value is -5.10. The molecule has 0 unspecified atom stereocenters. The molecule has 0 fully saturated rings. The molecule has 4 aromatic rings. The second-order valence-electron chi connectivity index (χ2n) is 9.18. The monoisotopic (exact) mass is 524 g/mol. The largest absolute Gasteiger partial charge is 0.477 e. The quantitative estimate of drug-likeness (QED) is 0.134. The summed E-state index contributed by atoms with van der Waals surface area (Å²) in [6, 6.07) is 37.7. The van der Waals surface area contributed by atoms with E-state index in [2.05, 4.69) is 11.8 Å². The number of carbonyl (C=O) groups is 1. The molecule has 1 heterocycles. The highest BCUT2D eigenvalue weighted by atomic mass is 16.5. The molecule has 1 N–H and O–H groups in total. The molecule has 40 heavy (non-hydrogen) atoms. The third kappa shape index (κ3) is 5.97. The fraction of sp³-hybridized carbons (Fsp3) is 0.0588. The van der Waals surface area contributed by atoms with Crippen molar-refractivity contribution in [1.82, 2.24) is 0 Å². The molecule has 0 saturated heterocycles. The standard InChI is InChI=1S/C34H29BN2O3/c1-2-37-30-23-13-14-24-31(30)40-32(37)25-15-12-22-29(34(38)39)36-33(26-16-6-3-7-17-26)35(27-18-8-4-9-19-27)28-20-10-5-11-21-28/h3-25H,2H2,1H3,(H,38,39). The van der Waals surface area contributed by atoms with Crippen LogP contribution in [-0.2, 0) is 4.79 Å². The second kappa shape index (κ2) is 12.6. The second-order valence-corrected chi connectivity index (χ2v) is 9.18. The number of benzene rings is 4. The first-order chi connectivity index (χ1) is 19.7. The van der Waals surface area contributed by atoms with Gasteiger partial charge in [-0.1, -0.05) is 126 Å². The number of anilines is 1. The highest BCUT2D eigenvalue weighted by molar-refractivity contribution is 7.10. The van der Waals surface area contributed by atoms with Crippen molar-refractivity contribution < 1.29 is 14.6 Å². The minimum absolute atomic E-state index is 0.0617. The van der Waals surface area contributed by atoms with Crippen molar-refractivity contribution >= 4 is 34.9 Å². The lowest BCUT2D eigenvalue weighted by atomic mass is 9.36. The molecular weight excluding hydrogens is 495 g/mol. The van der Waals surface area contributed by atoms with Gasteiger partial charge in [-0.3, -0.25) is 4.99 Å². The van der Waals surface area contributed by atoms with Crippen LogP contribution in [0.2, 0.25) is 0 Å². The number of hydrogen-bond acceptors (Lipinski definition) is 4. The van der Waals surface area contributed by atoms with E-state index >= 15 is 0 Å². The Morgan fingerprint density at radius 3 is 2.00 bits per heavy atom. The fourth-order valence-corrected chi connectivity index (χ4v) is 4.78. The van der Waals surface area contributed by atoms with Crippen LogP contribution in [0.3, 0.4) is 0 Å². The molecule has 0 aliphatic carbocycles. The molecule has 0 amide bonds. The van der Waals surface area contributed by atoms with E-state index < -0.39 is 5.97 Å². The van der Waals surface area contributed by atoms with Crippen LogP contribution in [0, 0.1) is 0 Å². The zero-order valence-corrected chi connectivity index (χ0v) is 22.2. The number of rotatable bonds is 9. The maximum Gasteiger partial charge on any atom is 0.354 e.